The highest BCUT2D eigenvalue weighted by molar-refractivity contribution is 7.89. The third-order valence-electron chi connectivity index (χ3n) is 2.59. The number of ether oxygens (including phenoxy) is 1. The standard InChI is InChI=1S/C10H12N2O6S2/c1-5-4-19-7(10(14)17-2)8(5)20(15,16)12-6-3-18-11-9(6)13/h4,6,12H,3H2,1-2H3,(H,11,13)/t6-/m1/s1. The Balaban J connectivity index is 2.36. The van der Waals surface area contributed by atoms with Crippen LogP contribution < -0.4 is 10.2 Å². The molecule has 0 aliphatic carbocycles. The zero-order chi connectivity index (χ0) is 14.9. The van der Waals surface area contributed by atoms with Gasteiger partial charge in [-0.3, -0.25) is 9.63 Å². The van der Waals surface area contributed by atoms with E-state index in [2.05, 4.69) is 14.3 Å². The van der Waals surface area contributed by atoms with Gasteiger partial charge in [-0.25, -0.2) is 18.7 Å². The molecule has 2 N–H and O–H groups in total. The Labute approximate surface area is 119 Å². The molecule has 0 spiro atoms. The van der Waals surface area contributed by atoms with Crippen molar-refractivity contribution >= 4 is 33.2 Å². The lowest BCUT2D eigenvalue weighted by atomic mass is 10.3. The summed E-state index contributed by atoms with van der Waals surface area (Å²) in [6, 6.07) is -1.02. The summed E-state index contributed by atoms with van der Waals surface area (Å²) in [6.45, 7) is 1.44. The van der Waals surface area contributed by atoms with Gasteiger partial charge in [0, 0.05) is 0 Å². The highest BCUT2D eigenvalue weighted by atomic mass is 32.2. The number of hydrogen-bond donors (Lipinski definition) is 2. The zero-order valence-electron chi connectivity index (χ0n) is 10.6. The third-order valence-corrected chi connectivity index (χ3v) is 5.46. The van der Waals surface area contributed by atoms with Crippen LogP contribution in [0, 0.1) is 6.92 Å². The molecule has 110 valence electrons. The predicted octanol–water partition coefficient (Wildman–Crippen LogP) is -0.449. The van der Waals surface area contributed by atoms with Gasteiger partial charge in [-0.2, -0.15) is 4.72 Å². The van der Waals surface area contributed by atoms with Crippen molar-refractivity contribution in [3.63, 3.8) is 0 Å². The fourth-order valence-electron chi connectivity index (χ4n) is 1.68. The summed E-state index contributed by atoms with van der Waals surface area (Å²) >= 11 is 0.969. The SMILES string of the molecule is COC(=O)c1scc(C)c1S(=O)(=O)N[C@@H]1CONC1=O. The maximum atomic E-state index is 12.3. The minimum atomic E-state index is -4.03. The van der Waals surface area contributed by atoms with Crippen LogP contribution in [0.5, 0.6) is 0 Å². The number of carbonyl (C=O) groups excluding carboxylic acids is 2. The summed E-state index contributed by atoms with van der Waals surface area (Å²) in [5.74, 6) is -1.32. The average molecular weight is 320 g/mol. The van der Waals surface area contributed by atoms with E-state index in [-0.39, 0.29) is 16.4 Å². The van der Waals surface area contributed by atoms with Gasteiger partial charge in [0.15, 0.2) is 0 Å². The van der Waals surface area contributed by atoms with Gasteiger partial charge < -0.3 is 4.74 Å². The Kier molecular flexibility index (Phi) is 4.09. The van der Waals surface area contributed by atoms with E-state index >= 15 is 0 Å². The number of methoxy groups -OCH3 is 1. The monoisotopic (exact) mass is 320 g/mol. The number of aryl methyl sites for hydroxylation is 1. The van der Waals surface area contributed by atoms with Crippen LogP contribution >= 0.6 is 11.3 Å². The van der Waals surface area contributed by atoms with Crippen LogP contribution in [0.3, 0.4) is 0 Å². The number of carbonyl (C=O) groups is 2. The molecule has 10 heteroatoms. The molecule has 1 aliphatic heterocycles. The summed E-state index contributed by atoms with van der Waals surface area (Å²) < 4.78 is 31.4. The molecule has 20 heavy (non-hydrogen) atoms. The molecule has 8 nitrogen and oxygen atoms in total. The minimum Gasteiger partial charge on any atom is -0.465 e. The van der Waals surface area contributed by atoms with Gasteiger partial charge in [0.05, 0.1) is 7.11 Å². The van der Waals surface area contributed by atoms with Crippen LogP contribution in [-0.2, 0) is 24.4 Å². The molecule has 2 rings (SSSR count). The number of esters is 1. The van der Waals surface area contributed by atoms with Crippen LogP contribution in [-0.4, -0.2) is 40.1 Å². The van der Waals surface area contributed by atoms with Crippen LogP contribution in [0.1, 0.15) is 15.2 Å². The Morgan fingerprint density at radius 3 is 2.85 bits per heavy atom. The Hall–Kier alpha value is -1.49. The molecule has 2 heterocycles. The maximum Gasteiger partial charge on any atom is 0.349 e. The summed E-state index contributed by atoms with van der Waals surface area (Å²) in [6.07, 6.45) is 0. The van der Waals surface area contributed by atoms with E-state index in [4.69, 9.17) is 0 Å². The molecule has 1 amide bonds. The van der Waals surface area contributed by atoms with Crippen molar-refractivity contribution in [1.82, 2.24) is 10.2 Å². The minimum absolute atomic E-state index is 0.0307. The molecule has 0 radical (unpaired) electrons. The fourth-order valence-corrected chi connectivity index (χ4v) is 4.56. The second-order valence-corrected chi connectivity index (χ2v) is 6.55. The van der Waals surface area contributed by atoms with Gasteiger partial charge in [-0.05, 0) is 17.9 Å². The summed E-state index contributed by atoms with van der Waals surface area (Å²) in [5.41, 5.74) is 2.45. The number of hydroxylamine groups is 1. The molecule has 1 aliphatic rings. The predicted molar refractivity (Wildman–Crippen MR) is 68.6 cm³/mol. The molecular formula is C10H12N2O6S2. The lowest BCUT2D eigenvalue weighted by Crippen LogP contribution is -2.42. The molecule has 1 aromatic heterocycles. The molecule has 1 atom stereocenters. The van der Waals surface area contributed by atoms with Gasteiger partial charge >= 0.3 is 5.97 Å². The maximum absolute atomic E-state index is 12.3. The first-order chi connectivity index (χ1) is 9.36. The summed E-state index contributed by atoms with van der Waals surface area (Å²) in [4.78, 5) is 27.4. The second-order valence-electron chi connectivity index (χ2n) is 4.02. The van der Waals surface area contributed by atoms with Crippen molar-refractivity contribution in [2.24, 2.45) is 0 Å². The molecule has 0 aromatic carbocycles. The van der Waals surface area contributed by atoms with E-state index < -0.39 is 27.9 Å². The Morgan fingerprint density at radius 1 is 1.60 bits per heavy atom. The van der Waals surface area contributed by atoms with Crippen molar-refractivity contribution in [3.05, 3.63) is 15.8 Å². The number of amides is 1. The highest BCUT2D eigenvalue weighted by Crippen LogP contribution is 2.27. The lowest BCUT2D eigenvalue weighted by molar-refractivity contribution is -0.124. The molecule has 1 saturated heterocycles. The Morgan fingerprint density at radius 2 is 2.30 bits per heavy atom. The van der Waals surface area contributed by atoms with Crippen LogP contribution in [0.25, 0.3) is 0 Å². The number of rotatable bonds is 4. The largest absolute Gasteiger partial charge is 0.465 e. The molecule has 1 fully saturated rings. The van der Waals surface area contributed by atoms with E-state index in [9.17, 15) is 18.0 Å². The van der Waals surface area contributed by atoms with Gasteiger partial charge in [-0.15, -0.1) is 11.3 Å². The van der Waals surface area contributed by atoms with Crippen LogP contribution in [0.4, 0.5) is 0 Å². The van der Waals surface area contributed by atoms with Crippen molar-refractivity contribution in [2.45, 2.75) is 17.9 Å². The first-order valence-corrected chi connectivity index (χ1v) is 7.83. The number of sulfonamides is 1. The van der Waals surface area contributed by atoms with E-state index in [0.717, 1.165) is 11.3 Å². The summed E-state index contributed by atoms with van der Waals surface area (Å²) in [5, 5.41) is 1.53. The fraction of sp³-hybridized carbons (Fsp3) is 0.400. The van der Waals surface area contributed by atoms with Gasteiger partial charge in [-0.1, -0.05) is 0 Å². The number of hydrogen-bond acceptors (Lipinski definition) is 7. The van der Waals surface area contributed by atoms with Crippen molar-refractivity contribution < 1.29 is 27.6 Å². The van der Waals surface area contributed by atoms with Crippen molar-refractivity contribution in [2.75, 3.05) is 13.7 Å². The van der Waals surface area contributed by atoms with Gasteiger partial charge in [0.1, 0.15) is 22.4 Å². The average Bonchev–Trinajstić information content (AvgIpc) is 2.95. The number of thiophene rings is 1. The molecule has 1 aromatic rings. The van der Waals surface area contributed by atoms with Gasteiger partial charge in [0.2, 0.25) is 10.0 Å². The molecule has 0 saturated carbocycles. The molecular weight excluding hydrogens is 308 g/mol. The normalized spacial score (nSPS) is 18.9. The zero-order valence-corrected chi connectivity index (χ0v) is 12.3. The smallest absolute Gasteiger partial charge is 0.349 e. The molecule has 0 unspecified atom stereocenters. The first-order valence-electron chi connectivity index (χ1n) is 5.47. The van der Waals surface area contributed by atoms with Crippen LogP contribution in [0.15, 0.2) is 10.3 Å². The summed E-state index contributed by atoms with van der Waals surface area (Å²) in [7, 11) is -2.86. The number of nitrogens with one attached hydrogen (secondary N) is 2. The van der Waals surface area contributed by atoms with Crippen molar-refractivity contribution in [1.29, 1.82) is 0 Å². The second kappa shape index (κ2) is 5.48. The lowest BCUT2D eigenvalue weighted by Gasteiger charge is -2.10. The van der Waals surface area contributed by atoms with Crippen LogP contribution in [0.2, 0.25) is 0 Å². The first kappa shape index (κ1) is 14.9. The van der Waals surface area contributed by atoms with E-state index in [1.165, 1.54) is 12.5 Å². The highest BCUT2D eigenvalue weighted by Gasteiger charge is 2.34. The topological polar surface area (TPSA) is 111 Å². The van der Waals surface area contributed by atoms with Crippen molar-refractivity contribution in [3.8, 4) is 0 Å². The Bertz CT molecular complexity index is 651. The molecule has 0 bridgehead atoms. The third kappa shape index (κ3) is 2.68. The van der Waals surface area contributed by atoms with E-state index in [0.29, 0.717) is 5.56 Å². The van der Waals surface area contributed by atoms with E-state index in [1.54, 1.807) is 6.92 Å². The quantitative estimate of drug-likeness (QED) is 0.727. The van der Waals surface area contributed by atoms with Gasteiger partial charge in [0.25, 0.3) is 5.91 Å². The van der Waals surface area contributed by atoms with E-state index in [1.807, 2.05) is 5.48 Å².